The number of nitrogens with zero attached hydrogens (tertiary/aromatic N) is 1. The summed E-state index contributed by atoms with van der Waals surface area (Å²) in [6.45, 7) is 5.40. The van der Waals surface area contributed by atoms with E-state index >= 15 is 0 Å². The molecule has 2 amide bonds. The Kier molecular flexibility index (Phi) is 7.60. The van der Waals surface area contributed by atoms with Crippen molar-refractivity contribution in [2.24, 2.45) is 0 Å². The summed E-state index contributed by atoms with van der Waals surface area (Å²) in [6, 6.07) is 6.67. The van der Waals surface area contributed by atoms with Crippen LogP contribution >= 0.6 is 0 Å². The molecular weight excluding hydrogens is 318 g/mol. The largest absolute Gasteiger partial charge is 0.352 e. The van der Waals surface area contributed by atoms with Crippen LogP contribution in [0, 0.1) is 0 Å². The van der Waals surface area contributed by atoms with Gasteiger partial charge in [0.2, 0.25) is 5.91 Å². The molecule has 0 aromatic heterocycles. The molecule has 0 radical (unpaired) electrons. The van der Waals surface area contributed by atoms with E-state index < -0.39 is 0 Å². The average Bonchev–Trinajstić information content (AvgIpc) is 2.59. The molecule has 0 unspecified atom stereocenters. The molecule has 2 rings (SSSR count). The summed E-state index contributed by atoms with van der Waals surface area (Å²) >= 11 is 0. The zero-order valence-electron chi connectivity index (χ0n) is 14.8. The number of rotatable bonds is 8. The monoisotopic (exact) mass is 345 g/mol. The first-order valence-electron chi connectivity index (χ1n) is 8.94. The van der Waals surface area contributed by atoms with Crippen LogP contribution in [-0.2, 0) is 9.59 Å². The van der Waals surface area contributed by atoms with Gasteiger partial charge in [0.15, 0.2) is 0 Å². The number of hydrogen-bond donors (Lipinski definition) is 2. The minimum absolute atomic E-state index is 0.111. The SMILES string of the molecule is CC(=O)CC(=O)Nc1ccc(C(=O)NCCCN2CCCCC2)cc1. The van der Waals surface area contributed by atoms with Crippen molar-refractivity contribution in [2.45, 2.75) is 39.0 Å². The van der Waals surface area contributed by atoms with Gasteiger partial charge in [-0.05, 0) is 70.1 Å². The maximum Gasteiger partial charge on any atom is 0.251 e. The Morgan fingerprint density at radius 3 is 2.36 bits per heavy atom. The summed E-state index contributed by atoms with van der Waals surface area (Å²) < 4.78 is 0. The molecule has 0 saturated carbocycles. The molecule has 0 atom stereocenters. The fourth-order valence-electron chi connectivity index (χ4n) is 2.93. The first-order valence-corrected chi connectivity index (χ1v) is 8.94. The van der Waals surface area contributed by atoms with Crippen molar-refractivity contribution in [3.8, 4) is 0 Å². The number of ketones is 1. The van der Waals surface area contributed by atoms with Gasteiger partial charge >= 0.3 is 0 Å². The van der Waals surface area contributed by atoms with Crippen LogP contribution in [0.25, 0.3) is 0 Å². The molecule has 25 heavy (non-hydrogen) atoms. The lowest BCUT2D eigenvalue weighted by atomic mass is 10.1. The second-order valence-electron chi connectivity index (χ2n) is 6.52. The summed E-state index contributed by atoms with van der Waals surface area (Å²) in [6.07, 6.45) is 4.70. The predicted molar refractivity (Wildman–Crippen MR) is 97.6 cm³/mol. The second kappa shape index (κ2) is 9.93. The van der Waals surface area contributed by atoms with Gasteiger partial charge in [0.1, 0.15) is 5.78 Å². The van der Waals surface area contributed by atoms with Crippen molar-refractivity contribution in [1.82, 2.24) is 10.2 Å². The third kappa shape index (κ3) is 7.05. The lowest BCUT2D eigenvalue weighted by Crippen LogP contribution is -2.33. The minimum Gasteiger partial charge on any atom is -0.352 e. The van der Waals surface area contributed by atoms with Crippen molar-refractivity contribution in [1.29, 1.82) is 0 Å². The van der Waals surface area contributed by atoms with E-state index in [4.69, 9.17) is 0 Å². The summed E-state index contributed by atoms with van der Waals surface area (Å²) in [4.78, 5) is 37.0. The van der Waals surface area contributed by atoms with E-state index in [1.807, 2.05) is 0 Å². The van der Waals surface area contributed by atoms with E-state index in [2.05, 4.69) is 15.5 Å². The van der Waals surface area contributed by atoms with Crippen LogP contribution in [0.15, 0.2) is 24.3 Å². The van der Waals surface area contributed by atoms with Gasteiger partial charge in [0, 0.05) is 17.8 Å². The van der Waals surface area contributed by atoms with E-state index in [0.717, 1.165) is 13.0 Å². The van der Waals surface area contributed by atoms with E-state index in [0.29, 0.717) is 17.8 Å². The first kappa shape index (κ1) is 19.1. The van der Waals surface area contributed by atoms with Crippen LogP contribution < -0.4 is 10.6 Å². The Bertz CT molecular complexity index is 592. The number of carbonyl (C=O) groups is 3. The Hall–Kier alpha value is -2.21. The highest BCUT2D eigenvalue weighted by Gasteiger charge is 2.10. The zero-order valence-corrected chi connectivity index (χ0v) is 14.8. The molecule has 1 aromatic carbocycles. The fourth-order valence-corrected chi connectivity index (χ4v) is 2.93. The number of nitrogens with one attached hydrogen (secondary N) is 2. The predicted octanol–water partition coefficient (Wildman–Crippen LogP) is 2.21. The molecule has 2 N–H and O–H groups in total. The highest BCUT2D eigenvalue weighted by atomic mass is 16.2. The number of benzene rings is 1. The van der Waals surface area contributed by atoms with E-state index in [-0.39, 0.29) is 24.0 Å². The number of anilines is 1. The molecule has 6 heteroatoms. The third-order valence-corrected chi connectivity index (χ3v) is 4.23. The zero-order chi connectivity index (χ0) is 18.1. The first-order chi connectivity index (χ1) is 12.0. The minimum atomic E-state index is -0.345. The van der Waals surface area contributed by atoms with Crippen molar-refractivity contribution in [2.75, 3.05) is 31.5 Å². The fraction of sp³-hybridized carbons (Fsp3) is 0.526. The van der Waals surface area contributed by atoms with Crippen LogP contribution in [-0.4, -0.2) is 48.7 Å². The molecule has 1 saturated heterocycles. The molecule has 0 spiro atoms. The number of Topliss-reactive ketones (excluding diaryl/α,β-unsaturated/α-hetero) is 1. The van der Waals surface area contributed by atoms with Crippen LogP contribution in [0.2, 0.25) is 0 Å². The maximum absolute atomic E-state index is 12.1. The van der Waals surface area contributed by atoms with Gasteiger partial charge < -0.3 is 15.5 Å². The highest BCUT2D eigenvalue weighted by Crippen LogP contribution is 2.11. The van der Waals surface area contributed by atoms with Gasteiger partial charge in [-0.3, -0.25) is 14.4 Å². The van der Waals surface area contributed by atoms with Gasteiger partial charge in [0.25, 0.3) is 5.91 Å². The van der Waals surface area contributed by atoms with Crippen LogP contribution in [0.1, 0.15) is 49.4 Å². The Labute approximate surface area is 149 Å². The summed E-state index contributed by atoms with van der Waals surface area (Å²) in [5, 5.41) is 5.56. The standard InChI is InChI=1S/C19H27N3O3/c1-15(23)14-18(24)21-17-8-6-16(7-9-17)19(25)20-10-5-13-22-11-3-2-4-12-22/h6-9H,2-5,10-14H2,1H3,(H,20,25)(H,21,24). The van der Waals surface area contributed by atoms with Crippen LogP contribution in [0.3, 0.4) is 0 Å². The van der Waals surface area contributed by atoms with Gasteiger partial charge in [-0.15, -0.1) is 0 Å². The van der Waals surface area contributed by atoms with Crippen molar-refractivity contribution in [3.05, 3.63) is 29.8 Å². The van der Waals surface area contributed by atoms with Gasteiger partial charge in [-0.1, -0.05) is 6.42 Å². The molecule has 1 fully saturated rings. The highest BCUT2D eigenvalue weighted by molar-refractivity contribution is 6.03. The summed E-state index contributed by atoms with van der Waals surface area (Å²) in [5.74, 6) is -0.638. The molecular formula is C19H27N3O3. The molecule has 1 aliphatic heterocycles. The summed E-state index contributed by atoms with van der Waals surface area (Å²) in [7, 11) is 0. The van der Waals surface area contributed by atoms with Crippen LogP contribution in [0.4, 0.5) is 5.69 Å². The van der Waals surface area contributed by atoms with E-state index in [1.165, 1.54) is 39.3 Å². The van der Waals surface area contributed by atoms with Crippen molar-refractivity contribution >= 4 is 23.3 Å². The number of carbonyl (C=O) groups excluding carboxylic acids is 3. The lowest BCUT2D eigenvalue weighted by molar-refractivity contribution is -0.124. The summed E-state index contributed by atoms with van der Waals surface area (Å²) in [5.41, 5.74) is 1.13. The average molecular weight is 345 g/mol. The number of amides is 2. The quantitative estimate of drug-likeness (QED) is 0.559. The molecule has 136 valence electrons. The topological polar surface area (TPSA) is 78.5 Å². The molecule has 1 aliphatic rings. The Morgan fingerprint density at radius 2 is 1.72 bits per heavy atom. The van der Waals surface area contributed by atoms with Gasteiger partial charge in [-0.2, -0.15) is 0 Å². The smallest absolute Gasteiger partial charge is 0.251 e. The molecule has 6 nitrogen and oxygen atoms in total. The van der Waals surface area contributed by atoms with Crippen LogP contribution in [0.5, 0.6) is 0 Å². The number of likely N-dealkylation sites (tertiary alicyclic amines) is 1. The maximum atomic E-state index is 12.1. The van der Waals surface area contributed by atoms with Crippen molar-refractivity contribution < 1.29 is 14.4 Å². The number of hydrogen-bond acceptors (Lipinski definition) is 4. The molecule has 0 aliphatic carbocycles. The molecule has 0 bridgehead atoms. The Morgan fingerprint density at radius 1 is 1.04 bits per heavy atom. The van der Waals surface area contributed by atoms with E-state index in [9.17, 15) is 14.4 Å². The third-order valence-electron chi connectivity index (χ3n) is 4.23. The normalized spacial score (nSPS) is 14.8. The Balaban J connectivity index is 1.70. The van der Waals surface area contributed by atoms with Crippen molar-refractivity contribution in [3.63, 3.8) is 0 Å². The lowest BCUT2D eigenvalue weighted by Gasteiger charge is -2.26. The van der Waals surface area contributed by atoms with Gasteiger partial charge in [-0.25, -0.2) is 0 Å². The molecule has 1 aromatic rings. The second-order valence-corrected chi connectivity index (χ2v) is 6.52. The van der Waals surface area contributed by atoms with E-state index in [1.54, 1.807) is 24.3 Å². The number of piperidine rings is 1. The molecule has 1 heterocycles. The van der Waals surface area contributed by atoms with Gasteiger partial charge in [0.05, 0.1) is 6.42 Å².